The van der Waals surface area contributed by atoms with Crippen LogP contribution in [0.2, 0.25) is 5.15 Å². The van der Waals surface area contributed by atoms with Crippen LogP contribution in [0.15, 0.2) is 12.4 Å². The van der Waals surface area contributed by atoms with Gasteiger partial charge in [-0.2, -0.15) is 0 Å². The van der Waals surface area contributed by atoms with Crippen LogP contribution in [-0.4, -0.2) is 19.5 Å². The van der Waals surface area contributed by atoms with Crippen molar-refractivity contribution in [2.24, 2.45) is 7.05 Å². The van der Waals surface area contributed by atoms with Crippen LogP contribution in [-0.2, 0) is 13.5 Å². The first-order valence-electron chi connectivity index (χ1n) is 5.14. The first kappa shape index (κ1) is 11.1. The van der Waals surface area contributed by atoms with Gasteiger partial charge in [-0.3, -0.25) is 0 Å². The van der Waals surface area contributed by atoms with Crippen LogP contribution in [0.5, 0.6) is 0 Å². The lowest BCUT2D eigenvalue weighted by atomic mass is 10.2. The zero-order valence-corrected chi connectivity index (χ0v) is 10.3. The summed E-state index contributed by atoms with van der Waals surface area (Å²) >= 11 is 6.08. The zero-order valence-electron chi connectivity index (χ0n) is 9.53. The Labute approximate surface area is 99.3 Å². The maximum atomic E-state index is 6.08. The molecule has 0 atom stereocenters. The van der Waals surface area contributed by atoms with Crippen LogP contribution in [0.1, 0.15) is 18.2 Å². The summed E-state index contributed by atoms with van der Waals surface area (Å²) in [4.78, 5) is 12.9. The second-order valence-corrected chi connectivity index (χ2v) is 3.98. The van der Waals surface area contributed by atoms with E-state index >= 15 is 0 Å². The van der Waals surface area contributed by atoms with Crippen molar-refractivity contribution in [3.8, 4) is 11.6 Å². The lowest BCUT2D eigenvalue weighted by Gasteiger charge is -2.07. The molecule has 4 nitrogen and oxygen atoms in total. The lowest BCUT2D eigenvalue weighted by molar-refractivity contribution is 0.890. The van der Waals surface area contributed by atoms with E-state index in [0.717, 1.165) is 23.5 Å². The molecule has 0 amide bonds. The number of hydrogen-bond donors (Lipinski definition) is 0. The van der Waals surface area contributed by atoms with Crippen molar-refractivity contribution in [2.45, 2.75) is 20.3 Å². The maximum absolute atomic E-state index is 6.08. The predicted molar refractivity (Wildman–Crippen MR) is 63.4 cm³/mol. The van der Waals surface area contributed by atoms with E-state index in [9.17, 15) is 0 Å². The molecule has 2 rings (SSSR count). The standard InChI is InChI=1S/C11H13ClN4/c1-4-8-7(2)9(12)15-10(14-8)11-13-5-6-16(11)3/h5-6H,4H2,1-3H3. The first-order chi connectivity index (χ1) is 7.63. The van der Waals surface area contributed by atoms with Crippen molar-refractivity contribution in [3.05, 3.63) is 28.8 Å². The number of nitrogens with zero attached hydrogens (tertiary/aromatic N) is 4. The number of hydrogen-bond acceptors (Lipinski definition) is 3. The first-order valence-corrected chi connectivity index (χ1v) is 5.52. The Morgan fingerprint density at radius 3 is 2.69 bits per heavy atom. The summed E-state index contributed by atoms with van der Waals surface area (Å²) in [6.45, 7) is 3.98. The maximum Gasteiger partial charge on any atom is 0.197 e. The van der Waals surface area contributed by atoms with Gasteiger partial charge in [0.2, 0.25) is 0 Å². The van der Waals surface area contributed by atoms with E-state index in [2.05, 4.69) is 15.0 Å². The van der Waals surface area contributed by atoms with Crippen molar-refractivity contribution in [3.63, 3.8) is 0 Å². The molecule has 0 aliphatic carbocycles. The van der Waals surface area contributed by atoms with Gasteiger partial charge in [-0.15, -0.1) is 0 Å². The fourth-order valence-electron chi connectivity index (χ4n) is 1.56. The molecule has 0 saturated heterocycles. The summed E-state index contributed by atoms with van der Waals surface area (Å²) in [7, 11) is 1.91. The third-order valence-corrected chi connectivity index (χ3v) is 2.91. The summed E-state index contributed by atoms with van der Waals surface area (Å²) in [5.74, 6) is 1.32. The molecule has 0 unspecified atom stereocenters. The van der Waals surface area contributed by atoms with Gasteiger partial charge in [-0.1, -0.05) is 18.5 Å². The van der Waals surface area contributed by atoms with Gasteiger partial charge < -0.3 is 4.57 Å². The fourth-order valence-corrected chi connectivity index (χ4v) is 1.75. The average Bonchev–Trinajstić information content (AvgIpc) is 2.68. The molecule has 0 aliphatic heterocycles. The molecule has 0 fully saturated rings. The van der Waals surface area contributed by atoms with Gasteiger partial charge in [0, 0.05) is 30.7 Å². The van der Waals surface area contributed by atoms with E-state index in [1.807, 2.05) is 31.7 Å². The zero-order chi connectivity index (χ0) is 11.7. The van der Waals surface area contributed by atoms with Crippen LogP contribution in [0, 0.1) is 6.92 Å². The summed E-state index contributed by atoms with van der Waals surface area (Å²) in [5, 5.41) is 0.504. The van der Waals surface area contributed by atoms with Crippen molar-refractivity contribution < 1.29 is 0 Å². The average molecular weight is 237 g/mol. The highest BCUT2D eigenvalue weighted by atomic mass is 35.5. The van der Waals surface area contributed by atoms with Gasteiger partial charge in [-0.05, 0) is 13.3 Å². The molecule has 0 N–H and O–H groups in total. The minimum absolute atomic E-state index is 0.504. The minimum atomic E-state index is 0.504. The Morgan fingerprint density at radius 1 is 1.38 bits per heavy atom. The van der Waals surface area contributed by atoms with Gasteiger partial charge in [0.15, 0.2) is 11.6 Å². The molecule has 0 saturated carbocycles. The quantitative estimate of drug-likeness (QED) is 0.752. The summed E-state index contributed by atoms with van der Waals surface area (Å²) in [6.07, 6.45) is 4.42. The minimum Gasteiger partial charge on any atom is -0.331 e. The SMILES string of the molecule is CCc1nc(-c2nccn2C)nc(Cl)c1C. The van der Waals surface area contributed by atoms with Crippen LogP contribution >= 0.6 is 11.6 Å². The van der Waals surface area contributed by atoms with E-state index in [1.165, 1.54) is 0 Å². The van der Waals surface area contributed by atoms with Crippen molar-refractivity contribution in [1.29, 1.82) is 0 Å². The third kappa shape index (κ3) is 1.80. The van der Waals surface area contributed by atoms with Crippen molar-refractivity contribution in [1.82, 2.24) is 19.5 Å². The molecule has 2 aromatic rings. The Hall–Kier alpha value is -1.42. The molecule has 0 bridgehead atoms. The summed E-state index contributed by atoms with van der Waals surface area (Å²) in [5.41, 5.74) is 1.92. The van der Waals surface area contributed by atoms with E-state index in [0.29, 0.717) is 11.0 Å². The molecule has 0 aromatic carbocycles. The molecule has 16 heavy (non-hydrogen) atoms. The number of aryl methyl sites for hydroxylation is 2. The molecular formula is C11H13ClN4. The second-order valence-electron chi connectivity index (χ2n) is 3.63. The fraction of sp³-hybridized carbons (Fsp3) is 0.364. The van der Waals surface area contributed by atoms with Crippen molar-refractivity contribution >= 4 is 11.6 Å². The highest BCUT2D eigenvalue weighted by Crippen LogP contribution is 2.20. The molecule has 5 heteroatoms. The molecule has 0 radical (unpaired) electrons. The summed E-state index contributed by atoms with van der Waals surface area (Å²) in [6, 6.07) is 0. The van der Waals surface area contributed by atoms with Gasteiger partial charge in [0.1, 0.15) is 5.15 Å². The number of aromatic nitrogens is 4. The Balaban J connectivity index is 2.59. The molecule has 2 heterocycles. The van der Waals surface area contributed by atoms with E-state index in [4.69, 9.17) is 11.6 Å². The highest BCUT2D eigenvalue weighted by molar-refractivity contribution is 6.30. The molecule has 0 spiro atoms. The molecular weight excluding hydrogens is 224 g/mol. The van der Waals surface area contributed by atoms with E-state index < -0.39 is 0 Å². The smallest absolute Gasteiger partial charge is 0.197 e. The number of rotatable bonds is 2. The molecule has 0 aliphatic rings. The Kier molecular flexibility index (Phi) is 2.92. The summed E-state index contributed by atoms with van der Waals surface area (Å²) < 4.78 is 1.88. The largest absolute Gasteiger partial charge is 0.331 e. The highest BCUT2D eigenvalue weighted by Gasteiger charge is 2.12. The topological polar surface area (TPSA) is 43.6 Å². The molecule has 2 aromatic heterocycles. The number of imidazole rings is 1. The Bertz CT molecular complexity index is 519. The van der Waals surface area contributed by atoms with E-state index in [-0.39, 0.29) is 0 Å². The van der Waals surface area contributed by atoms with Crippen LogP contribution in [0.3, 0.4) is 0 Å². The number of halogens is 1. The van der Waals surface area contributed by atoms with E-state index in [1.54, 1.807) is 6.20 Å². The lowest BCUT2D eigenvalue weighted by Crippen LogP contribution is -2.02. The third-order valence-electron chi connectivity index (χ3n) is 2.54. The van der Waals surface area contributed by atoms with Crippen LogP contribution in [0.25, 0.3) is 11.6 Å². The van der Waals surface area contributed by atoms with Gasteiger partial charge >= 0.3 is 0 Å². The predicted octanol–water partition coefficient (Wildman–Crippen LogP) is 2.40. The van der Waals surface area contributed by atoms with Crippen LogP contribution in [0.4, 0.5) is 0 Å². The van der Waals surface area contributed by atoms with Gasteiger partial charge in [0.25, 0.3) is 0 Å². The Morgan fingerprint density at radius 2 is 2.12 bits per heavy atom. The monoisotopic (exact) mass is 236 g/mol. The van der Waals surface area contributed by atoms with Gasteiger partial charge in [-0.25, -0.2) is 15.0 Å². The van der Waals surface area contributed by atoms with Crippen molar-refractivity contribution in [2.75, 3.05) is 0 Å². The van der Waals surface area contributed by atoms with Gasteiger partial charge in [0.05, 0.1) is 0 Å². The normalized spacial score (nSPS) is 10.8. The molecule has 84 valence electrons. The second kappa shape index (κ2) is 4.22. The van der Waals surface area contributed by atoms with Crippen LogP contribution < -0.4 is 0 Å².